The molecule has 19 heavy (non-hydrogen) atoms. The van der Waals surface area contributed by atoms with Crippen molar-refractivity contribution in [1.29, 1.82) is 0 Å². The maximum absolute atomic E-state index is 11.7. The van der Waals surface area contributed by atoms with Crippen LogP contribution in [0.25, 0.3) is 10.2 Å². The van der Waals surface area contributed by atoms with Gasteiger partial charge in [-0.05, 0) is 12.1 Å². The van der Waals surface area contributed by atoms with Gasteiger partial charge in [-0.2, -0.15) is 0 Å². The fourth-order valence-electron chi connectivity index (χ4n) is 1.66. The van der Waals surface area contributed by atoms with Crippen LogP contribution in [0, 0.1) is 0 Å². The van der Waals surface area contributed by atoms with Crippen molar-refractivity contribution >= 4 is 27.5 Å². The molecule has 2 aromatic rings. The third-order valence-corrected chi connectivity index (χ3v) is 3.53. The lowest BCUT2D eigenvalue weighted by Gasteiger charge is -2.13. The van der Waals surface area contributed by atoms with E-state index in [2.05, 4.69) is 4.98 Å². The lowest BCUT2D eigenvalue weighted by Crippen LogP contribution is -2.17. The summed E-state index contributed by atoms with van der Waals surface area (Å²) in [5, 5.41) is 0.756. The number of ether oxygens (including phenoxy) is 3. The summed E-state index contributed by atoms with van der Waals surface area (Å²) in [6.45, 7) is 0.954. The first-order chi connectivity index (χ1) is 9.33. The second kappa shape index (κ2) is 5.27. The molecule has 3 rings (SSSR count). The number of rotatable bonds is 3. The van der Waals surface area contributed by atoms with Crippen LogP contribution in [0.5, 0.6) is 0 Å². The fourth-order valence-corrected chi connectivity index (χ4v) is 2.54. The van der Waals surface area contributed by atoms with Gasteiger partial charge in [0.15, 0.2) is 0 Å². The first kappa shape index (κ1) is 12.0. The Hall–Kier alpha value is -2.08. The number of hydrogen-bond donors (Lipinski definition) is 0. The normalized spacial score (nSPS) is 14.4. The van der Waals surface area contributed by atoms with Gasteiger partial charge in [0.1, 0.15) is 31.1 Å². The van der Waals surface area contributed by atoms with E-state index in [1.54, 1.807) is 0 Å². The second-order valence-electron chi connectivity index (χ2n) is 3.85. The van der Waals surface area contributed by atoms with Gasteiger partial charge in [0.05, 0.1) is 10.2 Å². The van der Waals surface area contributed by atoms with E-state index in [-0.39, 0.29) is 12.4 Å². The molecular weight excluding hydrogens is 266 g/mol. The molecule has 0 radical (unpaired) electrons. The minimum atomic E-state index is -0.529. The average Bonchev–Trinajstić information content (AvgIpc) is 2.88. The largest absolute Gasteiger partial charge is 0.493 e. The minimum Gasteiger partial charge on any atom is -0.493 e. The summed E-state index contributed by atoms with van der Waals surface area (Å²) in [7, 11) is 0. The molecule has 0 bridgehead atoms. The summed E-state index contributed by atoms with van der Waals surface area (Å²) >= 11 is 1.51. The molecule has 1 aromatic carbocycles. The predicted molar refractivity (Wildman–Crippen MR) is 69.4 cm³/mol. The van der Waals surface area contributed by atoms with E-state index in [9.17, 15) is 4.79 Å². The van der Waals surface area contributed by atoms with Crippen molar-refractivity contribution in [3.63, 3.8) is 0 Å². The van der Waals surface area contributed by atoms with Gasteiger partial charge >= 0.3 is 5.97 Å². The van der Waals surface area contributed by atoms with E-state index >= 15 is 0 Å². The number of aromatic nitrogens is 1. The van der Waals surface area contributed by atoms with Crippen LogP contribution in [-0.2, 0) is 25.6 Å². The zero-order chi connectivity index (χ0) is 13.1. The Morgan fingerprint density at radius 3 is 3.05 bits per heavy atom. The molecule has 0 fully saturated rings. The number of carbonyl (C=O) groups excluding carboxylic acids is 1. The van der Waals surface area contributed by atoms with Crippen LogP contribution < -0.4 is 0 Å². The molecule has 0 atom stereocenters. The zero-order valence-electron chi connectivity index (χ0n) is 10.00. The molecule has 5 nitrogen and oxygen atoms in total. The van der Waals surface area contributed by atoms with Crippen molar-refractivity contribution in [2.24, 2.45) is 0 Å². The minimum absolute atomic E-state index is 0.104. The van der Waals surface area contributed by atoms with Gasteiger partial charge in [-0.15, -0.1) is 11.3 Å². The zero-order valence-corrected chi connectivity index (χ0v) is 10.8. The molecule has 98 valence electrons. The lowest BCUT2D eigenvalue weighted by molar-refractivity contribution is -0.145. The number of benzene rings is 1. The van der Waals surface area contributed by atoms with Crippen molar-refractivity contribution in [3.05, 3.63) is 41.3 Å². The van der Waals surface area contributed by atoms with Crippen molar-refractivity contribution in [2.75, 3.05) is 13.2 Å². The Bertz CT molecular complexity index is 601. The van der Waals surface area contributed by atoms with Crippen LogP contribution in [0.4, 0.5) is 0 Å². The van der Waals surface area contributed by atoms with Gasteiger partial charge in [-0.3, -0.25) is 0 Å². The molecule has 0 saturated carbocycles. The number of hydrogen-bond acceptors (Lipinski definition) is 6. The van der Waals surface area contributed by atoms with Crippen LogP contribution in [0.1, 0.15) is 5.01 Å². The number of para-hydroxylation sites is 1. The SMILES string of the molecule is O=C(OCc1nc2ccccc2s1)C1=COCCO1. The van der Waals surface area contributed by atoms with E-state index in [4.69, 9.17) is 14.2 Å². The molecule has 0 unspecified atom stereocenters. The van der Waals surface area contributed by atoms with Gasteiger partial charge in [0, 0.05) is 0 Å². The van der Waals surface area contributed by atoms with Crippen molar-refractivity contribution in [1.82, 2.24) is 4.98 Å². The van der Waals surface area contributed by atoms with Crippen molar-refractivity contribution in [2.45, 2.75) is 6.61 Å². The monoisotopic (exact) mass is 277 g/mol. The number of carbonyl (C=O) groups is 1. The highest BCUT2D eigenvalue weighted by Gasteiger charge is 2.17. The molecule has 0 spiro atoms. The highest BCUT2D eigenvalue weighted by Crippen LogP contribution is 2.22. The summed E-state index contributed by atoms with van der Waals surface area (Å²) in [5.41, 5.74) is 0.912. The molecule has 0 N–H and O–H groups in total. The molecule has 6 heteroatoms. The van der Waals surface area contributed by atoms with Crippen LogP contribution >= 0.6 is 11.3 Å². The Morgan fingerprint density at radius 1 is 1.37 bits per heavy atom. The summed E-state index contributed by atoms with van der Waals surface area (Å²) in [4.78, 5) is 16.0. The van der Waals surface area contributed by atoms with Crippen LogP contribution in [0.15, 0.2) is 36.3 Å². The molecule has 1 aromatic heterocycles. The summed E-state index contributed by atoms with van der Waals surface area (Å²) in [6, 6.07) is 7.79. The summed E-state index contributed by atoms with van der Waals surface area (Å²) in [6.07, 6.45) is 1.28. The maximum atomic E-state index is 11.7. The van der Waals surface area contributed by atoms with Crippen molar-refractivity contribution < 1.29 is 19.0 Å². The van der Waals surface area contributed by atoms with Crippen LogP contribution in [0.3, 0.4) is 0 Å². The average molecular weight is 277 g/mol. The van der Waals surface area contributed by atoms with E-state index < -0.39 is 5.97 Å². The predicted octanol–water partition coefficient (Wildman–Crippen LogP) is 2.23. The van der Waals surface area contributed by atoms with E-state index in [0.29, 0.717) is 13.2 Å². The van der Waals surface area contributed by atoms with Gasteiger partial charge in [-0.1, -0.05) is 12.1 Å². The molecular formula is C13H11NO4S. The van der Waals surface area contributed by atoms with Gasteiger partial charge in [0.25, 0.3) is 0 Å². The number of thiazole rings is 1. The molecule has 1 aliphatic heterocycles. The third-order valence-electron chi connectivity index (χ3n) is 2.52. The quantitative estimate of drug-likeness (QED) is 0.805. The molecule has 0 aliphatic carbocycles. The van der Waals surface area contributed by atoms with E-state index in [0.717, 1.165) is 15.2 Å². The number of fused-ring (bicyclic) bond motifs is 1. The lowest BCUT2D eigenvalue weighted by atomic mass is 10.3. The summed E-state index contributed by atoms with van der Waals surface area (Å²) in [5.74, 6) is -0.425. The standard InChI is InChI=1S/C13H11NO4S/c15-13(10-7-16-5-6-17-10)18-8-12-14-9-3-1-2-4-11(9)19-12/h1-4,7H,5-6,8H2. The van der Waals surface area contributed by atoms with E-state index in [1.165, 1.54) is 17.6 Å². The van der Waals surface area contributed by atoms with E-state index in [1.807, 2.05) is 24.3 Å². The molecule has 0 saturated heterocycles. The smallest absolute Gasteiger partial charge is 0.377 e. The van der Waals surface area contributed by atoms with Crippen LogP contribution in [-0.4, -0.2) is 24.2 Å². The van der Waals surface area contributed by atoms with Crippen LogP contribution in [0.2, 0.25) is 0 Å². The highest BCUT2D eigenvalue weighted by molar-refractivity contribution is 7.18. The summed E-state index contributed by atoms with van der Waals surface area (Å²) < 4.78 is 16.3. The van der Waals surface area contributed by atoms with Gasteiger partial charge in [0.2, 0.25) is 5.76 Å². The Morgan fingerprint density at radius 2 is 2.26 bits per heavy atom. The molecule has 2 heterocycles. The molecule has 0 amide bonds. The molecule has 1 aliphatic rings. The number of nitrogens with zero attached hydrogens (tertiary/aromatic N) is 1. The third kappa shape index (κ3) is 2.68. The maximum Gasteiger partial charge on any atom is 0.377 e. The Kier molecular flexibility index (Phi) is 3.33. The first-order valence-electron chi connectivity index (χ1n) is 5.79. The second-order valence-corrected chi connectivity index (χ2v) is 4.97. The number of esters is 1. The first-order valence-corrected chi connectivity index (χ1v) is 6.61. The van der Waals surface area contributed by atoms with Gasteiger partial charge in [-0.25, -0.2) is 9.78 Å². The van der Waals surface area contributed by atoms with Gasteiger partial charge < -0.3 is 14.2 Å². The highest BCUT2D eigenvalue weighted by atomic mass is 32.1. The Balaban J connectivity index is 1.65. The van der Waals surface area contributed by atoms with Crippen molar-refractivity contribution in [3.8, 4) is 0 Å². The fraction of sp³-hybridized carbons (Fsp3) is 0.231. The Labute approximate surface area is 113 Å². The topological polar surface area (TPSA) is 57.7 Å².